The molecule has 1 heteroatoms. The molecule has 1 aromatic heterocycles. The quantitative estimate of drug-likeness (QED) is 0.198. The van der Waals surface area contributed by atoms with Crippen LogP contribution in [0.25, 0.3) is 87.6 Å². The second-order valence-electron chi connectivity index (χ2n) is 10.7. The molecule has 0 aliphatic rings. The lowest BCUT2D eigenvalue weighted by atomic mass is 9.84. The van der Waals surface area contributed by atoms with E-state index in [1.807, 2.05) is 84.9 Å². The summed E-state index contributed by atoms with van der Waals surface area (Å²) in [6.07, 6.45) is 0. The number of benzene rings is 8. The van der Waals surface area contributed by atoms with Gasteiger partial charge in [0.1, 0.15) is 11.2 Å². The van der Waals surface area contributed by atoms with Gasteiger partial charge in [-0.05, 0) is 78.3 Å². The maximum atomic E-state index is 9.41. The molecule has 0 saturated heterocycles. The summed E-state index contributed by atoms with van der Waals surface area (Å²) < 4.78 is 68.0. The Morgan fingerprint density at radius 3 is 1.74 bits per heavy atom. The van der Waals surface area contributed by atoms with Gasteiger partial charge in [0, 0.05) is 16.3 Å². The van der Waals surface area contributed by atoms with Crippen molar-refractivity contribution in [3.63, 3.8) is 0 Å². The summed E-state index contributed by atoms with van der Waals surface area (Å²) in [6.45, 7) is 0. The highest BCUT2D eigenvalue weighted by Crippen LogP contribution is 2.48. The van der Waals surface area contributed by atoms with E-state index in [9.17, 15) is 2.74 Å². The van der Waals surface area contributed by atoms with E-state index in [1.165, 1.54) is 0 Å². The number of fused-ring (bicyclic) bond motifs is 6. The zero-order chi connectivity index (χ0) is 34.4. The van der Waals surface area contributed by atoms with Crippen LogP contribution in [0.3, 0.4) is 0 Å². The van der Waals surface area contributed by atoms with Crippen LogP contribution in [0, 0.1) is 0 Å². The molecule has 0 aliphatic heterocycles. The van der Waals surface area contributed by atoms with Crippen LogP contribution >= 0.6 is 0 Å². The molecule has 9 aromatic rings. The molecule has 1 heterocycles. The van der Waals surface area contributed by atoms with E-state index >= 15 is 0 Å². The van der Waals surface area contributed by atoms with Crippen LogP contribution in [0.15, 0.2) is 162 Å². The fraction of sp³-hybridized carbons (Fsp3) is 0. The highest BCUT2D eigenvalue weighted by molar-refractivity contribution is 6.26. The van der Waals surface area contributed by atoms with Crippen molar-refractivity contribution in [2.45, 2.75) is 0 Å². The topological polar surface area (TPSA) is 13.1 Å². The molecule has 9 rings (SSSR count). The van der Waals surface area contributed by atoms with Crippen molar-refractivity contribution in [1.29, 1.82) is 0 Å². The van der Waals surface area contributed by atoms with E-state index in [-0.39, 0.29) is 34.5 Å². The normalized spacial score (nSPS) is 14.0. The van der Waals surface area contributed by atoms with Crippen molar-refractivity contribution in [2.24, 2.45) is 0 Å². The lowest BCUT2D eigenvalue weighted by Crippen LogP contribution is -1.92. The molecule has 0 saturated carbocycles. The molecule has 200 valence electrons. The Morgan fingerprint density at radius 2 is 1.02 bits per heavy atom. The Hall–Kier alpha value is -5.66. The largest absolute Gasteiger partial charge is 0.455 e. The fourth-order valence-electron chi connectivity index (χ4n) is 6.48. The van der Waals surface area contributed by atoms with Crippen LogP contribution in [0.2, 0.25) is 0 Å². The first-order chi connectivity index (χ1) is 24.3. The standard InChI is InChI=1S/C42H26O/c1-2-13-28(14-3-1)31-24-25-37(41-36-20-10-11-21-38(36)43-42(31)41)40-34-18-8-6-16-32(34)39(33-17-7-9-19-35(33)40)30-23-22-27-12-4-5-15-29(27)26-30/h1-26H/i4D,5D,12D,15D,22D,23D,26D. The van der Waals surface area contributed by atoms with Crippen LogP contribution in [0.5, 0.6) is 0 Å². The van der Waals surface area contributed by atoms with E-state index in [1.54, 1.807) is 0 Å². The minimum absolute atomic E-state index is 0.0627. The Balaban J connectivity index is 1.45. The second kappa shape index (κ2) is 9.44. The average molecular weight is 554 g/mol. The van der Waals surface area contributed by atoms with Crippen molar-refractivity contribution in [3.8, 4) is 33.4 Å². The third-order valence-electron chi connectivity index (χ3n) is 8.31. The summed E-state index contributed by atoms with van der Waals surface area (Å²) in [6, 6.07) is 35.6. The van der Waals surface area contributed by atoms with E-state index in [4.69, 9.17) is 11.3 Å². The second-order valence-corrected chi connectivity index (χ2v) is 10.7. The van der Waals surface area contributed by atoms with Crippen LogP contribution in [-0.2, 0) is 0 Å². The molecule has 0 N–H and O–H groups in total. The zero-order valence-electron chi connectivity index (χ0n) is 29.9. The van der Waals surface area contributed by atoms with Gasteiger partial charge >= 0.3 is 0 Å². The number of hydrogen-bond acceptors (Lipinski definition) is 1. The van der Waals surface area contributed by atoms with E-state index in [0.717, 1.165) is 65.7 Å². The predicted molar refractivity (Wildman–Crippen MR) is 183 cm³/mol. The van der Waals surface area contributed by atoms with Crippen LogP contribution in [0.1, 0.15) is 9.60 Å². The van der Waals surface area contributed by atoms with Crippen LogP contribution < -0.4 is 0 Å². The maximum Gasteiger partial charge on any atom is 0.143 e. The van der Waals surface area contributed by atoms with E-state index in [2.05, 4.69) is 30.3 Å². The molecular weight excluding hydrogens is 520 g/mol. The van der Waals surface area contributed by atoms with Gasteiger partial charge in [-0.1, -0.05) is 139 Å². The van der Waals surface area contributed by atoms with Gasteiger partial charge in [-0.2, -0.15) is 0 Å². The molecule has 0 unspecified atom stereocenters. The first-order valence-corrected chi connectivity index (χ1v) is 14.2. The minimum atomic E-state index is -0.487. The molecule has 1 nitrogen and oxygen atoms in total. The molecule has 0 aliphatic carbocycles. The maximum absolute atomic E-state index is 9.41. The van der Waals surface area contributed by atoms with Crippen LogP contribution in [-0.4, -0.2) is 0 Å². The zero-order valence-corrected chi connectivity index (χ0v) is 22.9. The van der Waals surface area contributed by atoms with E-state index < -0.39 is 24.2 Å². The molecule has 0 amide bonds. The van der Waals surface area contributed by atoms with Gasteiger partial charge in [0.05, 0.1) is 9.60 Å². The fourth-order valence-corrected chi connectivity index (χ4v) is 6.48. The predicted octanol–water partition coefficient (Wildman–Crippen LogP) is 12.0. The van der Waals surface area contributed by atoms with Gasteiger partial charge in [-0.15, -0.1) is 0 Å². The van der Waals surface area contributed by atoms with E-state index in [0.29, 0.717) is 5.56 Å². The molecular formula is C42H26O. The highest BCUT2D eigenvalue weighted by atomic mass is 16.3. The van der Waals surface area contributed by atoms with Crippen molar-refractivity contribution in [3.05, 3.63) is 158 Å². The minimum Gasteiger partial charge on any atom is -0.455 e. The van der Waals surface area contributed by atoms with Gasteiger partial charge in [0.25, 0.3) is 0 Å². The number of para-hydroxylation sites is 1. The third-order valence-corrected chi connectivity index (χ3v) is 8.31. The van der Waals surface area contributed by atoms with Gasteiger partial charge in [-0.25, -0.2) is 0 Å². The molecule has 8 aromatic carbocycles. The highest BCUT2D eigenvalue weighted by Gasteiger charge is 2.22. The van der Waals surface area contributed by atoms with Gasteiger partial charge < -0.3 is 4.42 Å². The van der Waals surface area contributed by atoms with Crippen molar-refractivity contribution >= 4 is 54.3 Å². The van der Waals surface area contributed by atoms with Crippen molar-refractivity contribution in [2.75, 3.05) is 0 Å². The summed E-state index contributed by atoms with van der Waals surface area (Å²) in [4.78, 5) is 0. The smallest absolute Gasteiger partial charge is 0.143 e. The van der Waals surface area contributed by atoms with Crippen molar-refractivity contribution < 1.29 is 14.0 Å². The summed E-state index contributed by atoms with van der Waals surface area (Å²) >= 11 is 0. The lowest BCUT2D eigenvalue weighted by Gasteiger charge is -2.19. The Morgan fingerprint density at radius 1 is 0.442 bits per heavy atom. The third kappa shape index (κ3) is 3.65. The number of rotatable bonds is 3. The molecule has 0 fully saturated rings. The van der Waals surface area contributed by atoms with Gasteiger partial charge in [-0.3, -0.25) is 0 Å². The summed E-state index contributed by atoms with van der Waals surface area (Å²) in [7, 11) is 0. The monoisotopic (exact) mass is 553 g/mol. The summed E-state index contributed by atoms with van der Waals surface area (Å²) in [5, 5.41) is 5.05. The first kappa shape index (κ1) is 18.0. The number of furan rings is 1. The molecule has 43 heavy (non-hydrogen) atoms. The molecule has 0 bridgehead atoms. The molecule has 0 radical (unpaired) electrons. The number of hydrogen-bond donors (Lipinski definition) is 0. The van der Waals surface area contributed by atoms with Gasteiger partial charge in [0.2, 0.25) is 0 Å². The first-order valence-electron chi connectivity index (χ1n) is 17.7. The van der Waals surface area contributed by atoms with Crippen molar-refractivity contribution in [1.82, 2.24) is 0 Å². The van der Waals surface area contributed by atoms with Crippen LogP contribution in [0.4, 0.5) is 0 Å². The SMILES string of the molecule is [2H]c1c([2H])c([2H])c2c([2H])c(-c3c4ccccc4c(-c4ccc(-c5ccccc5)c5oc6ccccc6c45)c4ccccc34)c([2H])c([2H])c2c1[2H]. The Labute approximate surface area is 259 Å². The summed E-state index contributed by atoms with van der Waals surface area (Å²) in [5.41, 5.74) is 6.23. The molecule has 0 spiro atoms. The average Bonchev–Trinajstić information content (AvgIpc) is 3.54. The van der Waals surface area contributed by atoms with Gasteiger partial charge in [0.15, 0.2) is 0 Å². The molecule has 0 atom stereocenters. The lowest BCUT2D eigenvalue weighted by molar-refractivity contribution is 0.670. The summed E-state index contributed by atoms with van der Waals surface area (Å²) in [5.74, 6) is 0. The Kier molecular flexibility index (Phi) is 3.95. The Bertz CT molecular complexity index is 2840.